The average molecular weight is 504 g/mol. The highest BCUT2D eigenvalue weighted by Crippen LogP contribution is 2.30. The van der Waals surface area contributed by atoms with Crippen molar-refractivity contribution in [1.29, 1.82) is 0 Å². The number of anilines is 3. The molecule has 1 aromatic carbocycles. The summed E-state index contributed by atoms with van der Waals surface area (Å²) in [5.41, 5.74) is 3.39. The number of benzene rings is 1. The number of hydrogen-bond donors (Lipinski definition) is 2. The summed E-state index contributed by atoms with van der Waals surface area (Å²) in [6.45, 7) is 8.67. The first-order valence-electron chi connectivity index (χ1n) is 13.3. The van der Waals surface area contributed by atoms with Crippen LogP contribution in [0, 0.1) is 6.92 Å². The predicted molar refractivity (Wildman–Crippen MR) is 144 cm³/mol. The van der Waals surface area contributed by atoms with E-state index in [1.807, 2.05) is 50.6 Å². The molecule has 9 heteroatoms. The van der Waals surface area contributed by atoms with Crippen molar-refractivity contribution in [1.82, 2.24) is 24.4 Å². The van der Waals surface area contributed by atoms with Crippen LogP contribution in [0.25, 0.3) is 5.69 Å². The molecule has 0 spiro atoms. The molecule has 1 saturated carbocycles. The molecule has 3 heterocycles. The van der Waals surface area contributed by atoms with E-state index in [1.54, 1.807) is 11.1 Å². The van der Waals surface area contributed by atoms with Crippen LogP contribution in [-0.2, 0) is 17.7 Å². The normalized spacial score (nSPS) is 16.3. The van der Waals surface area contributed by atoms with Crippen LogP contribution >= 0.6 is 0 Å². The molecule has 37 heavy (non-hydrogen) atoms. The Balaban J connectivity index is 1.39. The summed E-state index contributed by atoms with van der Waals surface area (Å²) in [7, 11) is 0. The van der Waals surface area contributed by atoms with Gasteiger partial charge in [0.05, 0.1) is 12.2 Å². The van der Waals surface area contributed by atoms with Crippen molar-refractivity contribution in [2.75, 3.05) is 17.2 Å². The van der Waals surface area contributed by atoms with Gasteiger partial charge < -0.3 is 24.8 Å². The fraction of sp³-hybridized carbons (Fsp3) is 0.500. The molecule has 196 valence electrons. The van der Waals surface area contributed by atoms with Crippen LogP contribution in [0.15, 0.2) is 36.7 Å². The molecule has 1 fully saturated rings. The van der Waals surface area contributed by atoms with E-state index in [2.05, 4.69) is 27.8 Å². The monoisotopic (exact) mass is 503 g/mol. The number of fused-ring (bicyclic) bond motifs is 1. The molecular weight excluding hydrogens is 466 g/mol. The highest BCUT2D eigenvalue weighted by Gasteiger charge is 2.29. The van der Waals surface area contributed by atoms with Crippen molar-refractivity contribution < 1.29 is 9.53 Å². The molecule has 2 aliphatic rings. The molecule has 0 saturated heterocycles. The van der Waals surface area contributed by atoms with E-state index in [-0.39, 0.29) is 6.09 Å². The fourth-order valence-electron chi connectivity index (χ4n) is 5.00. The lowest BCUT2D eigenvalue weighted by Crippen LogP contribution is -2.40. The van der Waals surface area contributed by atoms with Gasteiger partial charge in [0.25, 0.3) is 0 Å². The molecule has 0 atom stereocenters. The fourth-order valence-corrected chi connectivity index (χ4v) is 5.00. The number of amides is 1. The molecule has 5 rings (SSSR count). The average Bonchev–Trinajstić information content (AvgIpc) is 3.30. The lowest BCUT2D eigenvalue weighted by molar-refractivity contribution is 0.0223. The van der Waals surface area contributed by atoms with Gasteiger partial charge in [-0.2, -0.15) is 4.98 Å². The molecule has 3 aromatic rings. The van der Waals surface area contributed by atoms with E-state index in [0.29, 0.717) is 31.5 Å². The third kappa shape index (κ3) is 6.03. The van der Waals surface area contributed by atoms with E-state index in [9.17, 15) is 4.79 Å². The first-order chi connectivity index (χ1) is 17.7. The minimum Gasteiger partial charge on any atom is -0.444 e. The third-order valence-electron chi connectivity index (χ3n) is 6.89. The summed E-state index contributed by atoms with van der Waals surface area (Å²) in [6.07, 6.45) is 10.1. The minimum atomic E-state index is -0.531. The number of carbonyl (C=O) groups is 1. The summed E-state index contributed by atoms with van der Waals surface area (Å²) in [5, 5.41) is 7.09. The van der Waals surface area contributed by atoms with Crippen molar-refractivity contribution in [3.63, 3.8) is 0 Å². The van der Waals surface area contributed by atoms with Gasteiger partial charge in [0.2, 0.25) is 5.95 Å². The SMILES string of the molecule is Cc1nccn1-c1ccc(Nc2nc3c(c(NC4CCCCC4)n2)CN(C(=O)OC(C)(C)C)CC3)cc1. The number of nitrogens with one attached hydrogen (secondary N) is 2. The Morgan fingerprint density at radius 2 is 1.84 bits per heavy atom. The molecule has 2 aromatic heterocycles. The molecule has 9 nitrogen and oxygen atoms in total. The highest BCUT2D eigenvalue weighted by atomic mass is 16.6. The zero-order chi connectivity index (χ0) is 26.0. The second kappa shape index (κ2) is 10.4. The van der Waals surface area contributed by atoms with Gasteiger partial charge in [-0.15, -0.1) is 0 Å². The zero-order valence-electron chi connectivity index (χ0n) is 22.3. The maximum Gasteiger partial charge on any atom is 0.410 e. The molecule has 1 amide bonds. The number of rotatable bonds is 5. The van der Waals surface area contributed by atoms with Gasteiger partial charge >= 0.3 is 6.09 Å². The predicted octanol–water partition coefficient (Wildman–Crippen LogP) is 5.75. The summed E-state index contributed by atoms with van der Waals surface area (Å²) >= 11 is 0. The third-order valence-corrected chi connectivity index (χ3v) is 6.89. The molecular formula is C28H37N7O2. The van der Waals surface area contributed by atoms with Crippen LogP contribution in [0.1, 0.15) is 70.0 Å². The first kappa shape index (κ1) is 25.0. The van der Waals surface area contributed by atoms with Crippen LogP contribution in [0.3, 0.4) is 0 Å². The van der Waals surface area contributed by atoms with Crippen molar-refractivity contribution in [3.05, 3.63) is 53.7 Å². The van der Waals surface area contributed by atoms with Crippen LogP contribution < -0.4 is 10.6 Å². The summed E-state index contributed by atoms with van der Waals surface area (Å²) < 4.78 is 7.68. The Labute approximate surface area is 218 Å². The second-order valence-electron chi connectivity index (χ2n) is 11.0. The Morgan fingerprint density at radius 1 is 1.08 bits per heavy atom. The van der Waals surface area contributed by atoms with Gasteiger partial charge in [-0.1, -0.05) is 19.3 Å². The number of ether oxygens (including phenoxy) is 1. The van der Waals surface area contributed by atoms with E-state index < -0.39 is 5.60 Å². The highest BCUT2D eigenvalue weighted by molar-refractivity contribution is 5.69. The Bertz CT molecular complexity index is 1240. The summed E-state index contributed by atoms with van der Waals surface area (Å²) in [6, 6.07) is 8.53. The zero-order valence-corrected chi connectivity index (χ0v) is 22.3. The van der Waals surface area contributed by atoms with E-state index >= 15 is 0 Å². The van der Waals surface area contributed by atoms with Gasteiger partial charge in [-0.3, -0.25) is 0 Å². The van der Waals surface area contributed by atoms with E-state index in [1.165, 1.54) is 19.3 Å². The van der Waals surface area contributed by atoms with Crippen molar-refractivity contribution in [3.8, 4) is 5.69 Å². The van der Waals surface area contributed by atoms with Gasteiger partial charge in [0, 0.05) is 48.3 Å². The van der Waals surface area contributed by atoms with Crippen LogP contribution in [0.2, 0.25) is 0 Å². The second-order valence-corrected chi connectivity index (χ2v) is 11.0. The van der Waals surface area contributed by atoms with Gasteiger partial charge in [0.15, 0.2) is 0 Å². The van der Waals surface area contributed by atoms with E-state index in [0.717, 1.165) is 47.1 Å². The molecule has 0 radical (unpaired) electrons. The number of nitrogens with zero attached hydrogens (tertiary/aromatic N) is 5. The Hall–Kier alpha value is -3.62. The van der Waals surface area contributed by atoms with Crippen molar-refractivity contribution in [2.24, 2.45) is 0 Å². The van der Waals surface area contributed by atoms with Gasteiger partial charge in [-0.25, -0.2) is 14.8 Å². The standard InChI is InChI=1S/C28H37N7O2/c1-19-29-15-17-35(19)22-12-10-21(11-13-22)31-26-32-24-14-16-34(27(36)37-28(2,3)4)18-23(24)25(33-26)30-20-8-6-5-7-9-20/h10-13,15,17,20H,5-9,14,16,18H2,1-4H3,(H2,30,31,32,33). The number of imidazole rings is 1. The molecule has 1 aliphatic carbocycles. The maximum absolute atomic E-state index is 12.8. The maximum atomic E-state index is 12.8. The van der Waals surface area contributed by atoms with Crippen LogP contribution in [-0.4, -0.2) is 48.7 Å². The van der Waals surface area contributed by atoms with Gasteiger partial charge in [0.1, 0.15) is 17.2 Å². The minimum absolute atomic E-state index is 0.294. The number of aryl methyl sites for hydroxylation is 1. The summed E-state index contributed by atoms with van der Waals surface area (Å²) in [5.74, 6) is 2.32. The molecule has 2 N–H and O–H groups in total. The summed E-state index contributed by atoms with van der Waals surface area (Å²) in [4.78, 5) is 28.6. The van der Waals surface area contributed by atoms with Gasteiger partial charge in [-0.05, 0) is 64.8 Å². The van der Waals surface area contributed by atoms with Crippen LogP contribution in [0.4, 0.5) is 22.2 Å². The largest absolute Gasteiger partial charge is 0.444 e. The smallest absolute Gasteiger partial charge is 0.410 e. The lowest BCUT2D eigenvalue weighted by Gasteiger charge is -2.32. The number of hydrogen-bond acceptors (Lipinski definition) is 7. The topological polar surface area (TPSA) is 97.2 Å². The number of carbonyl (C=O) groups excluding carboxylic acids is 1. The van der Waals surface area contributed by atoms with E-state index in [4.69, 9.17) is 14.7 Å². The molecule has 0 bridgehead atoms. The Morgan fingerprint density at radius 3 is 2.51 bits per heavy atom. The van der Waals surface area contributed by atoms with Crippen molar-refractivity contribution in [2.45, 2.75) is 84.4 Å². The Kier molecular flexibility index (Phi) is 7.04. The quantitative estimate of drug-likeness (QED) is 0.457. The van der Waals surface area contributed by atoms with Crippen LogP contribution in [0.5, 0.6) is 0 Å². The lowest BCUT2D eigenvalue weighted by atomic mass is 9.95. The first-order valence-corrected chi connectivity index (χ1v) is 13.3. The number of aromatic nitrogens is 4. The molecule has 1 aliphatic heterocycles. The molecule has 0 unspecified atom stereocenters. The van der Waals surface area contributed by atoms with Crippen molar-refractivity contribution >= 4 is 23.5 Å².